The van der Waals surface area contributed by atoms with Crippen LogP contribution in [0.3, 0.4) is 0 Å². The lowest BCUT2D eigenvalue weighted by Crippen LogP contribution is -2.39. The highest BCUT2D eigenvalue weighted by Gasteiger charge is 2.37. The van der Waals surface area contributed by atoms with Gasteiger partial charge in [-0.3, -0.25) is 14.2 Å². The van der Waals surface area contributed by atoms with Crippen LogP contribution in [0.4, 0.5) is 5.69 Å². The van der Waals surface area contributed by atoms with Gasteiger partial charge in [0, 0.05) is 5.56 Å². The second kappa shape index (κ2) is 17.9. The third kappa shape index (κ3) is 9.32. The number of rotatable bonds is 18. The Morgan fingerprint density at radius 1 is 0.898 bits per heavy atom. The molecule has 11 nitrogen and oxygen atoms in total. The minimum Gasteiger partial charge on any atom is -0.497 e. The molecular weight excluding hydrogens is 650 g/mol. The summed E-state index contributed by atoms with van der Waals surface area (Å²) in [5, 5.41) is 14.0. The van der Waals surface area contributed by atoms with Gasteiger partial charge in [0.05, 0.1) is 43.1 Å². The molecule has 0 saturated heterocycles. The molecule has 1 heterocycles. The molecule has 1 atom stereocenters. The smallest absolute Gasteiger partial charge is 0.338 e. The predicted molar refractivity (Wildman–Crippen MR) is 187 cm³/mol. The number of imidazole rings is 1. The summed E-state index contributed by atoms with van der Waals surface area (Å²) in [6.07, 6.45) is 6.21. The number of ether oxygens (including phenoxy) is 3. The summed E-state index contributed by atoms with van der Waals surface area (Å²) in [4.78, 5) is 55.0. The number of esters is 1. The summed E-state index contributed by atoms with van der Waals surface area (Å²) >= 11 is 6.43. The lowest BCUT2D eigenvalue weighted by Gasteiger charge is -2.18. The van der Waals surface area contributed by atoms with Gasteiger partial charge in [0.2, 0.25) is 0 Å². The Hall–Kier alpha value is -5.03. The summed E-state index contributed by atoms with van der Waals surface area (Å²) in [6.45, 7) is 4.16. The minimum atomic E-state index is -1.91. The average Bonchev–Trinajstić information content (AvgIpc) is 3.33. The maximum atomic E-state index is 14.1. The normalized spacial score (nSPS) is 11.5. The van der Waals surface area contributed by atoms with Gasteiger partial charge in [0.1, 0.15) is 5.75 Å². The van der Waals surface area contributed by atoms with Crippen molar-refractivity contribution in [3.8, 4) is 17.5 Å². The molecule has 0 aliphatic carbocycles. The Morgan fingerprint density at radius 3 is 2.24 bits per heavy atom. The van der Waals surface area contributed by atoms with Gasteiger partial charge in [-0.1, -0.05) is 81.0 Å². The highest BCUT2D eigenvalue weighted by atomic mass is 35.5. The van der Waals surface area contributed by atoms with Crippen molar-refractivity contribution in [2.75, 3.05) is 25.6 Å². The lowest BCUT2D eigenvalue weighted by atomic mass is 10.0. The molecule has 0 fully saturated rings. The highest BCUT2D eigenvalue weighted by molar-refractivity contribution is 6.34. The average molecular weight is 692 g/mol. The number of aromatic nitrogens is 2. The molecule has 1 amide bonds. The number of hydrogen-bond donors (Lipinski definition) is 2. The van der Waals surface area contributed by atoms with Crippen molar-refractivity contribution in [2.45, 2.75) is 65.0 Å². The van der Waals surface area contributed by atoms with E-state index in [0.29, 0.717) is 10.3 Å². The van der Waals surface area contributed by atoms with E-state index < -0.39 is 35.3 Å². The number of nitrogens with one attached hydrogen (secondary N) is 1. The fourth-order valence-corrected chi connectivity index (χ4v) is 5.46. The fourth-order valence-electron chi connectivity index (χ4n) is 5.30. The summed E-state index contributed by atoms with van der Waals surface area (Å²) in [7, 11) is 1.47. The van der Waals surface area contributed by atoms with E-state index in [1.54, 1.807) is 31.2 Å². The predicted octanol–water partition coefficient (Wildman–Crippen LogP) is 7.04. The van der Waals surface area contributed by atoms with Gasteiger partial charge in [0.25, 0.3) is 17.7 Å². The van der Waals surface area contributed by atoms with Gasteiger partial charge in [-0.2, -0.15) is 0 Å². The van der Waals surface area contributed by atoms with Gasteiger partial charge in [0.15, 0.2) is 11.8 Å². The summed E-state index contributed by atoms with van der Waals surface area (Å²) < 4.78 is 18.1. The molecule has 0 saturated carbocycles. The van der Waals surface area contributed by atoms with Gasteiger partial charge in [-0.25, -0.2) is 14.2 Å². The first-order valence-electron chi connectivity index (χ1n) is 16.4. The third-order valence-corrected chi connectivity index (χ3v) is 8.22. The zero-order valence-corrected chi connectivity index (χ0v) is 28.7. The monoisotopic (exact) mass is 691 g/mol. The first-order valence-corrected chi connectivity index (χ1v) is 16.7. The number of carbonyl (C=O) groups excluding carboxylic acids is 3. The van der Waals surface area contributed by atoms with Crippen LogP contribution in [-0.2, 0) is 16.1 Å². The van der Waals surface area contributed by atoms with Crippen molar-refractivity contribution in [3.05, 3.63) is 105 Å². The van der Waals surface area contributed by atoms with Crippen LogP contribution in [0, 0.1) is 0 Å². The molecule has 1 unspecified atom stereocenters. The standard InChI is InChI=1S/C37H42ClN3O8/c1-4-6-7-8-9-13-22-49-36(45)27-18-21-29(38)30(23-27)39-33(43)31(32(42)26-16-19-28(47-3)20-17-26)41-34(44)35(48-5-2)40(37(41)46)24-25-14-11-10-12-15-25/h10-12,14-21,23,31,44H,4-9,13,22,24H2,1-3H3,(H,39,43). The molecule has 0 spiro atoms. The SMILES string of the molecule is CCCCCCCCOC(=O)c1ccc(Cl)c(NC(=O)C(C(=O)c2ccc(OC)cc2)n2c(O)c(OCC)n(Cc3ccccc3)c2=O)c1. The number of halogens is 1. The number of Topliss-reactive ketones (excluding diaryl/α,β-unsaturated/α-hetero) is 1. The van der Waals surface area contributed by atoms with E-state index in [9.17, 15) is 24.3 Å². The Morgan fingerprint density at radius 2 is 1.57 bits per heavy atom. The molecule has 2 N–H and O–H groups in total. The molecular formula is C37H42ClN3O8. The number of aromatic hydroxyl groups is 1. The number of unbranched alkanes of at least 4 members (excludes halogenated alkanes) is 5. The van der Waals surface area contributed by atoms with Gasteiger partial charge in [-0.15, -0.1) is 0 Å². The van der Waals surface area contributed by atoms with Crippen LogP contribution in [-0.4, -0.2) is 52.2 Å². The lowest BCUT2D eigenvalue weighted by molar-refractivity contribution is -0.118. The van der Waals surface area contributed by atoms with E-state index in [1.165, 1.54) is 56.0 Å². The van der Waals surface area contributed by atoms with Crippen molar-refractivity contribution >= 4 is 34.9 Å². The van der Waals surface area contributed by atoms with Crippen molar-refractivity contribution in [1.29, 1.82) is 0 Å². The van der Waals surface area contributed by atoms with Gasteiger partial charge in [-0.05, 0) is 61.4 Å². The quantitative estimate of drug-likeness (QED) is 0.0490. The number of benzene rings is 3. The topological polar surface area (TPSA) is 138 Å². The number of carbonyl (C=O) groups is 3. The molecule has 260 valence electrons. The third-order valence-electron chi connectivity index (χ3n) is 7.89. The van der Waals surface area contributed by atoms with E-state index in [4.69, 9.17) is 25.8 Å². The van der Waals surface area contributed by atoms with Gasteiger partial charge >= 0.3 is 11.7 Å². The molecule has 0 bridgehead atoms. The number of amides is 1. The van der Waals surface area contributed by atoms with E-state index >= 15 is 0 Å². The maximum Gasteiger partial charge on any atom is 0.338 e. The Bertz CT molecular complexity index is 1780. The first kappa shape index (κ1) is 36.8. The first-order chi connectivity index (χ1) is 23.7. The zero-order valence-electron chi connectivity index (χ0n) is 27.9. The maximum absolute atomic E-state index is 14.1. The Balaban J connectivity index is 1.68. The number of ketones is 1. The van der Waals surface area contributed by atoms with Crippen LogP contribution in [0.15, 0.2) is 77.6 Å². The number of nitrogens with zero attached hydrogens (tertiary/aromatic N) is 2. The van der Waals surface area contributed by atoms with Gasteiger partial charge < -0.3 is 24.6 Å². The van der Waals surface area contributed by atoms with E-state index in [0.717, 1.165) is 42.2 Å². The fraction of sp³-hybridized carbons (Fsp3) is 0.351. The van der Waals surface area contributed by atoms with Crippen LogP contribution < -0.4 is 20.5 Å². The minimum absolute atomic E-state index is 0.00461. The van der Waals surface area contributed by atoms with Crippen LogP contribution in [0.1, 0.15) is 84.7 Å². The number of methoxy groups -OCH3 is 1. The van der Waals surface area contributed by atoms with Crippen molar-refractivity contribution in [2.24, 2.45) is 0 Å². The number of anilines is 1. The molecule has 0 aliphatic heterocycles. The molecule has 0 aliphatic rings. The van der Waals surface area contributed by atoms with Crippen LogP contribution in [0.25, 0.3) is 0 Å². The highest BCUT2D eigenvalue weighted by Crippen LogP contribution is 2.32. The summed E-state index contributed by atoms with van der Waals surface area (Å²) in [5.41, 5.74) is 0.0760. The summed E-state index contributed by atoms with van der Waals surface area (Å²) in [6, 6.07) is 17.3. The van der Waals surface area contributed by atoms with Crippen LogP contribution in [0.5, 0.6) is 17.5 Å². The molecule has 4 aromatic rings. The second-order valence-corrected chi connectivity index (χ2v) is 11.8. The van der Waals surface area contributed by atoms with E-state index in [-0.39, 0.29) is 47.5 Å². The zero-order chi connectivity index (χ0) is 35.3. The molecule has 0 radical (unpaired) electrons. The molecule has 3 aromatic carbocycles. The van der Waals surface area contributed by atoms with Crippen molar-refractivity contribution in [3.63, 3.8) is 0 Å². The van der Waals surface area contributed by atoms with Crippen molar-refractivity contribution in [1.82, 2.24) is 9.13 Å². The Labute approximate surface area is 290 Å². The van der Waals surface area contributed by atoms with Crippen LogP contribution in [0.2, 0.25) is 5.02 Å². The van der Waals surface area contributed by atoms with E-state index in [2.05, 4.69) is 12.2 Å². The molecule has 4 rings (SSSR count). The van der Waals surface area contributed by atoms with E-state index in [1.807, 2.05) is 6.07 Å². The molecule has 49 heavy (non-hydrogen) atoms. The second-order valence-electron chi connectivity index (χ2n) is 11.4. The number of hydrogen-bond acceptors (Lipinski definition) is 8. The summed E-state index contributed by atoms with van der Waals surface area (Å²) in [5.74, 6) is -2.83. The van der Waals surface area contributed by atoms with Crippen molar-refractivity contribution < 1.29 is 33.7 Å². The Kier molecular flexibility index (Phi) is 13.5. The largest absolute Gasteiger partial charge is 0.497 e. The molecule has 12 heteroatoms. The molecule has 1 aromatic heterocycles. The van der Waals surface area contributed by atoms with Crippen LogP contribution >= 0.6 is 11.6 Å².